The van der Waals surface area contributed by atoms with Crippen LogP contribution < -0.4 is 11.1 Å². The van der Waals surface area contributed by atoms with Crippen LogP contribution in [0.5, 0.6) is 0 Å². The molecule has 2 rings (SSSR count). The predicted octanol–water partition coefficient (Wildman–Crippen LogP) is 2.61. The predicted molar refractivity (Wildman–Crippen MR) is 82.9 cm³/mol. The molecule has 7 heteroatoms. The molecule has 1 aromatic heterocycles. The highest BCUT2D eigenvalue weighted by Crippen LogP contribution is 2.27. The lowest BCUT2D eigenvalue weighted by Crippen LogP contribution is -2.09. The van der Waals surface area contributed by atoms with Gasteiger partial charge in [-0.05, 0) is 32.0 Å². The lowest BCUT2D eigenvalue weighted by Gasteiger charge is -2.15. The molecule has 5 nitrogen and oxygen atoms in total. The summed E-state index contributed by atoms with van der Waals surface area (Å²) in [7, 11) is -3.24. The van der Waals surface area contributed by atoms with Gasteiger partial charge in [0.25, 0.3) is 0 Å². The highest BCUT2D eigenvalue weighted by Gasteiger charge is 2.13. The monoisotopic (exact) mass is 311 g/mol. The SMILES string of the molecule is Cc1csc(C(C)Nc2ccc(S(C)(=O)=O)cc2N)n1. The number of nitrogens with zero attached hydrogens (tertiary/aromatic N) is 1. The van der Waals surface area contributed by atoms with E-state index in [9.17, 15) is 8.42 Å². The van der Waals surface area contributed by atoms with Crippen LogP contribution in [0, 0.1) is 6.92 Å². The van der Waals surface area contributed by atoms with Gasteiger partial charge in [-0.15, -0.1) is 11.3 Å². The molecule has 0 aliphatic carbocycles. The molecule has 0 saturated carbocycles. The maximum Gasteiger partial charge on any atom is 0.175 e. The molecule has 0 radical (unpaired) electrons. The summed E-state index contributed by atoms with van der Waals surface area (Å²) in [5, 5.41) is 6.20. The van der Waals surface area contributed by atoms with Crippen LogP contribution >= 0.6 is 11.3 Å². The summed E-state index contributed by atoms with van der Waals surface area (Å²) in [4.78, 5) is 4.63. The van der Waals surface area contributed by atoms with Crippen molar-refractivity contribution in [1.82, 2.24) is 4.98 Å². The fourth-order valence-electron chi connectivity index (χ4n) is 1.77. The van der Waals surface area contributed by atoms with Gasteiger partial charge in [0.2, 0.25) is 0 Å². The molecule has 1 unspecified atom stereocenters. The standard InChI is InChI=1S/C13H17N3O2S2/c1-8-7-19-13(15-8)9(2)16-12-5-4-10(6-11(12)14)20(3,17)18/h4-7,9,16H,14H2,1-3H3. The smallest absolute Gasteiger partial charge is 0.175 e. The van der Waals surface area contributed by atoms with Crippen LogP contribution in [0.4, 0.5) is 11.4 Å². The first kappa shape index (κ1) is 14.8. The molecule has 0 aliphatic rings. The van der Waals surface area contributed by atoms with E-state index in [1.807, 2.05) is 19.2 Å². The van der Waals surface area contributed by atoms with Crippen LogP contribution in [0.2, 0.25) is 0 Å². The minimum atomic E-state index is -3.24. The molecule has 0 spiro atoms. The lowest BCUT2D eigenvalue weighted by atomic mass is 10.2. The van der Waals surface area contributed by atoms with Gasteiger partial charge >= 0.3 is 0 Å². The van der Waals surface area contributed by atoms with E-state index >= 15 is 0 Å². The van der Waals surface area contributed by atoms with Crippen molar-refractivity contribution in [2.75, 3.05) is 17.3 Å². The zero-order valence-corrected chi connectivity index (χ0v) is 13.2. The molecule has 108 valence electrons. The van der Waals surface area contributed by atoms with Crippen molar-refractivity contribution in [3.8, 4) is 0 Å². The fraction of sp³-hybridized carbons (Fsp3) is 0.308. The number of aryl methyl sites for hydroxylation is 1. The Balaban J connectivity index is 2.22. The Kier molecular flexibility index (Phi) is 4.01. The van der Waals surface area contributed by atoms with Crippen molar-refractivity contribution in [1.29, 1.82) is 0 Å². The van der Waals surface area contributed by atoms with Gasteiger partial charge in [0.05, 0.1) is 22.3 Å². The van der Waals surface area contributed by atoms with E-state index in [-0.39, 0.29) is 10.9 Å². The number of nitrogens with one attached hydrogen (secondary N) is 1. The third-order valence-corrected chi connectivity index (χ3v) is 5.09. The number of hydrogen-bond acceptors (Lipinski definition) is 6. The van der Waals surface area contributed by atoms with Crippen LogP contribution in [0.1, 0.15) is 23.7 Å². The first-order valence-corrected chi connectivity index (χ1v) is 8.82. The number of hydrogen-bond donors (Lipinski definition) is 2. The summed E-state index contributed by atoms with van der Waals surface area (Å²) in [6, 6.07) is 4.72. The van der Waals surface area contributed by atoms with E-state index in [2.05, 4.69) is 10.3 Å². The molecule has 0 saturated heterocycles. The van der Waals surface area contributed by atoms with Crippen LogP contribution in [0.25, 0.3) is 0 Å². The molecule has 1 heterocycles. The summed E-state index contributed by atoms with van der Waals surface area (Å²) in [6.07, 6.45) is 1.16. The molecule has 0 fully saturated rings. The van der Waals surface area contributed by atoms with Crippen molar-refractivity contribution in [2.24, 2.45) is 0 Å². The summed E-state index contributed by atoms with van der Waals surface area (Å²) < 4.78 is 22.9. The second kappa shape index (κ2) is 5.41. The number of benzene rings is 1. The summed E-state index contributed by atoms with van der Waals surface area (Å²) in [6.45, 7) is 3.93. The van der Waals surface area contributed by atoms with Gasteiger partial charge in [0.15, 0.2) is 9.84 Å². The van der Waals surface area contributed by atoms with E-state index in [1.165, 1.54) is 6.07 Å². The number of anilines is 2. The highest BCUT2D eigenvalue weighted by atomic mass is 32.2. The molecule has 0 aliphatic heterocycles. The van der Waals surface area contributed by atoms with Gasteiger partial charge in [-0.25, -0.2) is 13.4 Å². The number of sulfone groups is 1. The number of nitrogen functional groups attached to an aromatic ring is 1. The average molecular weight is 311 g/mol. The second-order valence-corrected chi connectivity index (χ2v) is 7.62. The van der Waals surface area contributed by atoms with Crippen molar-refractivity contribution in [3.63, 3.8) is 0 Å². The number of rotatable bonds is 4. The minimum Gasteiger partial charge on any atom is -0.397 e. The Hall–Kier alpha value is -1.60. The van der Waals surface area contributed by atoms with E-state index in [4.69, 9.17) is 5.73 Å². The largest absolute Gasteiger partial charge is 0.397 e. The lowest BCUT2D eigenvalue weighted by molar-refractivity contribution is 0.602. The van der Waals surface area contributed by atoms with Crippen molar-refractivity contribution in [3.05, 3.63) is 34.3 Å². The van der Waals surface area contributed by atoms with Gasteiger partial charge in [0.1, 0.15) is 5.01 Å². The highest BCUT2D eigenvalue weighted by molar-refractivity contribution is 7.90. The van der Waals surface area contributed by atoms with Gasteiger partial charge < -0.3 is 11.1 Å². The summed E-state index contributed by atoms with van der Waals surface area (Å²) in [5.41, 5.74) is 8.01. The molecule has 1 atom stereocenters. The molecule has 20 heavy (non-hydrogen) atoms. The third-order valence-electron chi connectivity index (χ3n) is 2.83. The van der Waals surface area contributed by atoms with Crippen LogP contribution in [0.3, 0.4) is 0 Å². The normalized spacial score (nSPS) is 13.2. The molecule has 0 bridgehead atoms. The topological polar surface area (TPSA) is 85.1 Å². The third kappa shape index (κ3) is 3.29. The zero-order valence-electron chi connectivity index (χ0n) is 11.5. The maximum absolute atomic E-state index is 11.5. The van der Waals surface area contributed by atoms with Gasteiger partial charge in [-0.2, -0.15) is 0 Å². The average Bonchev–Trinajstić information content (AvgIpc) is 2.77. The number of aromatic nitrogens is 1. The van der Waals surface area contributed by atoms with Gasteiger partial charge in [0, 0.05) is 17.3 Å². The van der Waals surface area contributed by atoms with Crippen LogP contribution in [-0.4, -0.2) is 19.7 Å². The number of thiazole rings is 1. The Labute approximate surface area is 122 Å². The van der Waals surface area contributed by atoms with E-state index in [0.29, 0.717) is 11.4 Å². The van der Waals surface area contributed by atoms with Gasteiger partial charge in [-0.1, -0.05) is 0 Å². The quantitative estimate of drug-likeness (QED) is 0.848. The van der Waals surface area contributed by atoms with Crippen molar-refractivity contribution >= 4 is 32.5 Å². The molecular formula is C13H17N3O2S2. The molecule has 2 aromatic rings. The first-order chi connectivity index (χ1) is 9.27. The second-order valence-electron chi connectivity index (χ2n) is 4.71. The molecular weight excluding hydrogens is 294 g/mol. The molecule has 1 aromatic carbocycles. The van der Waals surface area contributed by atoms with E-state index < -0.39 is 9.84 Å². The van der Waals surface area contributed by atoms with Crippen molar-refractivity contribution < 1.29 is 8.42 Å². The van der Waals surface area contributed by atoms with E-state index in [0.717, 1.165) is 17.0 Å². The Morgan fingerprint density at radius 2 is 2.10 bits per heavy atom. The van der Waals surface area contributed by atoms with Crippen LogP contribution in [-0.2, 0) is 9.84 Å². The fourth-order valence-corrected chi connectivity index (χ4v) is 3.23. The Morgan fingerprint density at radius 3 is 2.60 bits per heavy atom. The molecule has 3 N–H and O–H groups in total. The summed E-state index contributed by atoms with van der Waals surface area (Å²) in [5.74, 6) is 0. The van der Waals surface area contributed by atoms with Crippen molar-refractivity contribution in [2.45, 2.75) is 24.8 Å². The Morgan fingerprint density at radius 1 is 1.40 bits per heavy atom. The maximum atomic E-state index is 11.5. The van der Waals surface area contributed by atoms with Gasteiger partial charge in [-0.3, -0.25) is 0 Å². The number of nitrogens with two attached hydrogens (primary N) is 1. The van der Waals surface area contributed by atoms with Crippen LogP contribution in [0.15, 0.2) is 28.5 Å². The Bertz CT molecular complexity index is 723. The van der Waals surface area contributed by atoms with E-state index in [1.54, 1.807) is 23.5 Å². The zero-order chi connectivity index (χ0) is 14.9. The minimum absolute atomic E-state index is 0.0140. The summed E-state index contributed by atoms with van der Waals surface area (Å²) >= 11 is 1.58. The molecule has 0 amide bonds. The first-order valence-electron chi connectivity index (χ1n) is 6.05.